The minimum Gasteiger partial charge on any atom is -0.342 e. The van der Waals surface area contributed by atoms with E-state index in [1.54, 1.807) is 4.90 Å². The van der Waals surface area contributed by atoms with Crippen LogP contribution < -0.4 is 0 Å². The fraction of sp³-hybridized carbons (Fsp3) is 0.312. The van der Waals surface area contributed by atoms with Crippen molar-refractivity contribution in [2.75, 3.05) is 13.6 Å². The van der Waals surface area contributed by atoms with E-state index in [4.69, 9.17) is 11.6 Å². The number of carbonyl (C=O) groups is 1. The van der Waals surface area contributed by atoms with Crippen LogP contribution in [0.4, 0.5) is 0 Å². The molecule has 2 rings (SSSR count). The summed E-state index contributed by atoms with van der Waals surface area (Å²) < 4.78 is 1.04. The van der Waals surface area contributed by atoms with E-state index < -0.39 is 0 Å². The predicted molar refractivity (Wildman–Crippen MR) is 88.5 cm³/mol. The number of amides is 1. The lowest BCUT2D eigenvalue weighted by atomic mass is 10.1. The third kappa shape index (κ3) is 3.74. The highest BCUT2D eigenvalue weighted by Crippen LogP contribution is 2.21. The Balaban J connectivity index is 2.20. The molecule has 0 radical (unpaired) electrons. The number of benzene rings is 2. The van der Waals surface area contributed by atoms with Crippen molar-refractivity contribution in [2.45, 2.75) is 18.7 Å². The minimum atomic E-state index is 0.0344. The predicted octanol–water partition coefficient (Wildman–Crippen LogP) is 4.69. The molecule has 0 aliphatic heterocycles. The zero-order chi connectivity index (χ0) is 14.7. The van der Waals surface area contributed by atoms with E-state index in [1.807, 2.05) is 50.4 Å². The summed E-state index contributed by atoms with van der Waals surface area (Å²) in [4.78, 5) is 14.1. The molecule has 1 amide bonds. The molecule has 4 heteroatoms. The van der Waals surface area contributed by atoms with Gasteiger partial charge in [-0.05, 0) is 48.4 Å². The number of halogens is 2. The van der Waals surface area contributed by atoms with E-state index in [-0.39, 0.29) is 11.3 Å². The molecule has 106 valence electrons. The minimum absolute atomic E-state index is 0.0344. The van der Waals surface area contributed by atoms with Gasteiger partial charge in [0, 0.05) is 29.0 Å². The first kappa shape index (κ1) is 15.3. The molecule has 20 heavy (non-hydrogen) atoms. The van der Waals surface area contributed by atoms with Crippen LogP contribution in [0.5, 0.6) is 0 Å². The van der Waals surface area contributed by atoms with Crippen LogP contribution in [-0.4, -0.2) is 29.8 Å². The maximum Gasteiger partial charge on any atom is 0.253 e. The van der Waals surface area contributed by atoms with E-state index in [9.17, 15) is 4.79 Å². The molecule has 0 aliphatic carbocycles. The van der Waals surface area contributed by atoms with Crippen molar-refractivity contribution in [2.24, 2.45) is 0 Å². The van der Waals surface area contributed by atoms with E-state index >= 15 is 0 Å². The van der Waals surface area contributed by atoms with Gasteiger partial charge < -0.3 is 4.90 Å². The van der Waals surface area contributed by atoms with Gasteiger partial charge in [0.15, 0.2) is 0 Å². The molecule has 0 aliphatic rings. The molecule has 0 bridgehead atoms. The molecule has 2 aromatic carbocycles. The van der Waals surface area contributed by atoms with Gasteiger partial charge in [-0.2, -0.15) is 0 Å². The van der Waals surface area contributed by atoms with Crippen LogP contribution >= 0.6 is 27.5 Å². The number of rotatable bonds is 4. The highest BCUT2D eigenvalue weighted by Gasteiger charge is 2.12. The van der Waals surface area contributed by atoms with E-state index in [2.05, 4.69) is 15.9 Å². The molecular weight excluding hydrogens is 338 g/mol. The second-order valence-electron chi connectivity index (χ2n) is 5.00. The summed E-state index contributed by atoms with van der Waals surface area (Å²) in [5.41, 5.74) is 0.713. The van der Waals surface area contributed by atoms with Gasteiger partial charge in [-0.1, -0.05) is 28.1 Å². The first-order chi connectivity index (χ1) is 9.47. The summed E-state index contributed by atoms with van der Waals surface area (Å²) in [5, 5.41) is 2.27. The summed E-state index contributed by atoms with van der Waals surface area (Å²) in [6, 6.07) is 11.8. The normalized spacial score (nSPS) is 12.4. The first-order valence-corrected chi connectivity index (χ1v) is 7.79. The molecule has 0 spiro atoms. The van der Waals surface area contributed by atoms with Gasteiger partial charge in [0.25, 0.3) is 5.91 Å². The Morgan fingerprint density at radius 2 is 1.90 bits per heavy atom. The van der Waals surface area contributed by atoms with E-state index in [1.165, 1.54) is 0 Å². The zero-order valence-corrected chi connectivity index (χ0v) is 13.9. The molecule has 0 saturated carbocycles. The van der Waals surface area contributed by atoms with Crippen LogP contribution in [0.15, 0.2) is 40.9 Å². The number of fused-ring (bicyclic) bond motifs is 1. The molecule has 0 heterocycles. The second-order valence-corrected chi connectivity index (χ2v) is 6.66. The molecule has 2 aromatic rings. The Kier molecular flexibility index (Phi) is 5.06. The lowest BCUT2D eigenvalue weighted by Crippen LogP contribution is -2.28. The van der Waals surface area contributed by atoms with E-state index in [0.29, 0.717) is 12.1 Å². The van der Waals surface area contributed by atoms with E-state index in [0.717, 1.165) is 21.7 Å². The highest BCUT2D eigenvalue weighted by atomic mass is 79.9. The summed E-state index contributed by atoms with van der Waals surface area (Å²) in [5.74, 6) is 0.0344. The third-order valence-corrected chi connectivity index (χ3v) is 3.97. The molecule has 1 unspecified atom stereocenters. The second kappa shape index (κ2) is 6.59. The van der Waals surface area contributed by atoms with Crippen molar-refractivity contribution in [3.05, 3.63) is 46.4 Å². The van der Waals surface area contributed by atoms with Gasteiger partial charge in [-0.3, -0.25) is 4.79 Å². The largest absolute Gasteiger partial charge is 0.342 e. The molecular formula is C16H17BrClNO. The highest BCUT2D eigenvalue weighted by molar-refractivity contribution is 9.10. The van der Waals surface area contributed by atoms with Crippen molar-refractivity contribution >= 4 is 44.2 Å². The van der Waals surface area contributed by atoms with Crippen molar-refractivity contribution in [3.8, 4) is 0 Å². The standard InChI is InChI=1S/C16H17BrClNO/c1-11(18)7-8-19(2)16(20)14-4-3-13-10-15(17)6-5-12(13)9-14/h3-6,9-11H,7-8H2,1-2H3. The van der Waals surface area contributed by atoms with Gasteiger partial charge in [-0.25, -0.2) is 0 Å². The van der Waals surface area contributed by atoms with Gasteiger partial charge in [0.1, 0.15) is 0 Å². The SMILES string of the molecule is CC(Cl)CCN(C)C(=O)c1ccc2cc(Br)ccc2c1. The van der Waals surface area contributed by atoms with Crippen LogP contribution in [0.25, 0.3) is 10.8 Å². The quantitative estimate of drug-likeness (QED) is 0.729. The van der Waals surface area contributed by atoms with Crippen molar-refractivity contribution < 1.29 is 4.79 Å². The lowest BCUT2D eigenvalue weighted by molar-refractivity contribution is 0.0794. The Hall–Kier alpha value is -1.06. The molecule has 0 N–H and O–H groups in total. The van der Waals surface area contributed by atoms with Crippen LogP contribution in [0.3, 0.4) is 0 Å². The average molecular weight is 355 g/mol. The summed E-state index contributed by atoms with van der Waals surface area (Å²) in [6.07, 6.45) is 0.796. The third-order valence-electron chi connectivity index (χ3n) is 3.26. The van der Waals surface area contributed by atoms with Crippen LogP contribution in [0.1, 0.15) is 23.7 Å². The fourth-order valence-corrected chi connectivity index (χ4v) is 2.52. The van der Waals surface area contributed by atoms with Crippen molar-refractivity contribution in [1.29, 1.82) is 0 Å². The average Bonchev–Trinajstić information content (AvgIpc) is 2.43. The smallest absolute Gasteiger partial charge is 0.253 e. The number of hydrogen-bond donors (Lipinski definition) is 0. The maximum absolute atomic E-state index is 12.3. The number of hydrogen-bond acceptors (Lipinski definition) is 1. The Labute approximate surface area is 132 Å². The summed E-state index contributed by atoms with van der Waals surface area (Å²) >= 11 is 9.37. The Bertz CT molecular complexity index is 627. The monoisotopic (exact) mass is 353 g/mol. The zero-order valence-electron chi connectivity index (χ0n) is 11.6. The first-order valence-electron chi connectivity index (χ1n) is 6.56. The van der Waals surface area contributed by atoms with Crippen molar-refractivity contribution in [1.82, 2.24) is 4.90 Å². The van der Waals surface area contributed by atoms with Gasteiger partial charge in [0.05, 0.1) is 0 Å². The molecule has 0 fully saturated rings. The Morgan fingerprint density at radius 1 is 1.25 bits per heavy atom. The fourth-order valence-electron chi connectivity index (χ4n) is 2.04. The van der Waals surface area contributed by atoms with Gasteiger partial charge in [-0.15, -0.1) is 11.6 Å². The summed E-state index contributed by atoms with van der Waals surface area (Å²) in [7, 11) is 1.81. The maximum atomic E-state index is 12.3. The summed E-state index contributed by atoms with van der Waals surface area (Å²) in [6.45, 7) is 2.61. The van der Waals surface area contributed by atoms with Gasteiger partial charge >= 0.3 is 0 Å². The molecule has 1 atom stereocenters. The molecule has 2 nitrogen and oxygen atoms in total. The van der Waals surface area contributed by atoms with Crippen LogP contribution in [0.2, 0.25) is 0 Å². The van der Waals surface area contributed by atoms with Gasteiger partial charge in [0.2, 0.25) is 0 Å². The Morgan fingerprint density at radius 3 is 2.60 bits per heavy atom. The number of nitrogens with zero attached hydrogens (tertiary/aromatic N) is 1. The van der Waals surface area contributed by atoms with Crippen molar-refractivity contribution in [3.63, 3.8) is 0 Å². The molecule has 0 aromatic heterocycles. The van der Waals surface area contributed by atoms with Crippen LogP contribution in [0, 0.1) is 0 Å². The number of alkyl halides is 1. The number of carbonyl (C=O) groups excluding carboxylic acids is 1. The van der Waals surface area contributed by atoms with Crippen LogP contribution in [-0.2, 0) is 0 Å². The lowest BCUT2D eigenvalue weighted by Gasteiger charge is -2.18. The molecule has 0 saturated heterocycles. The topological polar surface area (TPSA) is 20.3 Å².